The molecule has 154 valence electrons. The molecule has 0 N–H and O–H groups in total. The van der Waals surface area contributed by atoms with Crippen molar-refractivity contribution in [3.05, 3.63) is 81.0 Å². The van der Waals surface area contributed by atoms with Crippen molar-refractivity contribution in [1.82, 2.24) is 5.01 Å². The Morgan fingerprint density at radius 3 is 2.77 bits per heavy atom. The molecule has 7 nitrogen and oxygen atoms in total. The van der Waals surface area contributed by atoms with E-state index in [0.29, 0.717) is 5.70 Å². The van der Waals surface area contributed by atoms with Crippen LogP contribution in [0.5, 0.6) is 5.75 Å². The second-order valence-corrected chi connectivity index (χ2v) is 7.69. The van der Waals surface area contributed by atoms with Gasteiger partial charge in [0.2, 0.25) is 0 Å². The molecule has 30 heavy (non-hydrogen) atoms. The fraction of sp³-hybridized carbons (Fsp3) is 0.304. The number of carbonyl (C=O) groups is 1. The molecule has 0 amide bonds. The molecule has 0 saturated heterocycles. The third-order valence-corrected chi connectivity index (χ3v) is 5.73. The zero-order valence-corrected chi connectivity index (χ0v) is 17.2. The van der Waals surface area contributed by atoms with Crippen LogP contribution in [-0.2, 0) is 11.2 Å². The molecule has 7 heteroatoms. The molecule has 2 aromatic rings. The first-order valence-electron chi connectivity index (χ1n) is 9.87. The number of carbonyl (C=O) groups excluding carboxylic acids is 1. The normalized spacial score (nSPS) is 20.3. The van der Waals surface area contributed by atoms with Gasteiger partial charge in [-0.3, -0.25) is 19.9 Å². The number of hydrazone groups is 1. The molecular formula is C23H23N3O4. The summed E-state index contributed by atoms with van der Waals surface area (Å²) in [5.74, 6) is 0.753. The molecule has 2 aromatic carbocycles. The summed E-state index contributed by atoms with van der Waals surface area (Å²) in [6.07, 6.45) is 3.31. The molecule has 2 aliphatic rings. The number of ether oxygens (including phenoxy) is 1. The summed E-state index contributed by atoms with van der Waals surface area (Å²) >= 11 is 0. The fourth-order valence-corrected chi connectivity index (χ4v) is 4.42. The summed E-state index contributed by atoms with van der Waals surface area (Å²) in [7, 11) is 1.64. The van der Waals surface area contributed by atoms with E-state index in [4.69, 9.17) is 9.84 Å². The van der Waals surface area contributed by atoms with Gasteiger partial charge in [-0.15, -0.1) is 0 Å². The van der Waals surface area contributed by atoms with E-state index in [0.717, 1.165) is 35.4 Å². The predicted molar refractivity (Wildman–Crippen MR) is 113 cm³/mol. The van der Waals surface area contributed by atoms with E-state index in [9.17, 15) is 14.9 Å². The predicted octanol–water partition coefficient (Wildman–Crippen LogP) is 4.42. The average Bonchev–Trinajstić information content (AvgIpc) is 3.13. The van der Waals surface area contributed by atoms with Crippen molar-refractivity contribution >= 4 is 17.2 Å². The number of fused-ring (bicyclic) bond motifs is 3. The van der Waals surface area contributed by atoms with Gasteiger partial charge in [0.05, 0.1) is 23.8 Å². The maximum Gasteiger partial charge on any atom is 0.269 e. The summed E-state index contributed by atoms with van der Waals surface area (Å²) in [5.41, 5.74) is 4.76. The highest BCUT2D eigenvalue weighted by atomic mass is 16.6. The third kappa shape index (κ3) is 3.47. The number of hydrogen-bond donors (Lipinski definition) is 0. The Bertz CT molecular complexity index is 1090. The van der Waals surface area contributed by atoms with Gasteiger partial charge >= 0.3 is 0 Å². The summed E-state index contributed by atoms with van der Waals surface area (Å²) in [6, 6.07) is 12.5. The van der Waals surface area contributed by atoms with Crippen molar-refractivity contribution in [3.8, 4) is 5.75 Å². The van der Waals surface area contributed by atoms with Crippen molar-refractivity contribution in [1.29, 1.82) is 0 Å². The molecule has 1 heterocycles. The van der Waals surface area contributed by atoms with Crippen LogP contribution in [0.4, 0.5) is 5.69 Å². The lowest BCUT2D eigenvalue weighted by Gasteiger charge is -2.31. The van der Waals surface area contributed by atoms with Crippen LogP contribution in [0.2, 0.25) is 0 Å². The zero-order chi connectivity index (χ0) is 21.4. The number of non-ortho nitro benzene ring substituents is 1. The number of hydrogen-bond acceptors (Lipinski definition) is 6. The highest BCUT2D eigenvalue weighted by Crippen LogP contribution is 2.45. The smallest absolute Gasteiger partial charge is 0.269 e. The van der Waals surface area contributed by atoms with Crippen molar-refractivity contribution in [2.75, 3.05) is 7.11 Å². The van der Waals surface area contributed by atoms with Crippen molar-refractivity contribution in [2.45, 2.75) is 32.7 Å². The molecule has 0 spiro atoms. The third-order valence-electron chi connectivity index (χ3n) is 5.73. The average molecular weight is 405 g/mol. The van der Waals surface area contributed by atoms with Gasteiger partial charge < -0.3 is 4.74 Å². The van der Waals surface area contributed by atoms with Gasteiger partial charge in [-0.25, -0.2) is 0 Å². The highest BCUT2D eigenvalue weighted by Gasteiger charge is 2.42. The molecule has 0 aromatic heterocycles. The fourth-order valence-electron chi connectivity index (χ4n) is 4.42. The second kappa shape index (κ2) is 7.74. The Balaban J connectivity index is 1.85. The van der Waals surface area contributed by atoms with Crippen molar-refractivity contribution < 1.29 is 14.5 Å². The Hall–Kier alpha value is -3.48. The lowest BCUT2D eigenvalue weighted by molar-refractivity contribution is -0.385. The van der Waals surface area contributed by atoms with Crippen LogP contribution in [0.25, 0.3) is 0 Å². The van der Waals surface area contributed by atoms with Crippen LogP contribution in [-0.4, -0.2) is 28.5 Å². The van der Waals surface area contributed by atoms with Crippen LogP contribution in [0, 0.1) is 16.0 Å². The van der Waals surface area contributed by atoms with Crippen LogP contribution in [0.3, 0.4) is 0 Å². The van der Waals surface area contributed by atoms with Gasteiger partial charge in [-0.05, 0) is 49.9 Å². The minimum atomic E-state index is -0.385. The Morgan fingerprint density at radius 2 is 2.07 bits per heavy atom. The number of allylic oxidation sites excluding steroid dienone is 2. The Kier molecular flexibility index (Phi) is 5.11. The highest BCUT2D eigenvalue weighted by molar-refractivity contribution is 6.06. The first kappa shape index (κ1) is 19.8. The standard InChI is InChI=1S/C23H23N3O4/c1-14(11-15(2)27)25-23(17-5-4-6-18(12-17)26(28)29)20-10-8-16-7-9-19(30-3)13-21(16)22(20)24-25/h4-7,9,11-13,20,23H,8,10H2,1-3H3/b14-11+. The SMILES string of the molecule is COc1ccc2c(c1)C1=NN(/C(C)=C/C(C)=O)C(c3cccc([N+](=O)[O-])c3)C1CC2. The molecule has 1 aliphatic carbocycles. The summed E-state index contributed by atoms with van der Waals surface area (Å²) in [5, 5.41) is 18.1. The number of aryl methyl sites for hydroxylation is 1. The maximum absolute atomic E-state index is 11.7. The molecular weight excluding hydrogens is 382 g/mol. The Labute approximate surface area is 174 Å². The molecule has 0 fully saturated rings. The van der Waals surface area contributed by atoms with E-state index in [-0.39, 0.29) is 28.4 Å². The van der Waals surface area contributed by atoms with Crippen LogP contribution in [0.15, 0.2) is 59.3 Å². The number of nitro groups is 1. The van der Waals surface area contributed by atoms with E-state index in [1.165, 1.54) is 18.6 Å². The quantitative estimate of drug-likeness (QED) is 0.418. The van der Waals surface area contributed by atoms with Gasteiger partial charge in [-0.2, -0.15) is 5.10 Å². The molecule has 2 unspecified atom stereocenters. The molecule has 2 atom stereocenters. The summed E-state index contributed by atoms with van der Waals surface area (Å²) in [6.45, 7) is 3.35. The van der Waals surface area contributed by atoms with E-state index in [2.05, 4.69) is 6.07 Å². The lowest BCUT2D eigenvalue weighted by atomic mass is 9.77. The monoisotopic (exact) mass is 405 g/mol. The number of nitro benzene ring substituents is 1. The van der Waals surface area contributed by atoms with E-state index < -0.39 is 0 Å². The summed E-state index contributed by atoms with van der Waals surface area (Å²) in [4.78, 5) is 22.7. The van der Waals surface area contributed by atoms with E-state index in [1.807, 2.05) is 30.1 Å². The van der Waals surface area contributed by atoms with Crippen LogP contribution < -0.4 is 4.74 Å². The molecule has 0 saturated carbocycles. The zero-order valence-electron chi connectivity index (χ0n) is 17.2. The van der Waals surface area contributed by atoms with Crippen molar-refractivity contribution in [2.24, 2.45) is 11.0 Å². The topological polar surface area (TPSA) is 85.0 Å². The molecule has 0 radical (unpaired) electrons. The molecule has 4 rings (SSSR count). The molecule has 1 aliphatic heterocycles. The molecule has 0 bridgehead atoms. The number of benzene rings is 2. The van der Waals surface area contributed by atoms with Gasteiger partial charge in [0.15, 0.2) is 5.78 Å². The van der Waals surface area contributed by atoms with Crippen LogP contribution in [0.1, 0.15) is 43.0 Å². The lowest BCUT2D eigenvalue weighted by Crippen LogP contribution is -2.28. The second-order valence-electron chi connectivity index (χ2n) is 7.69. The van der Waals surface area contributed by atoms with Crippen molar-refractivity contribution in [3.63, 3.8) is 0 Å². The van der Waals surface area contributed by atoms with Gasteiger partial charge in [0.1, 0.15) is 5.75 Å². The Morgan fingerprint density at radius 1 is 1.27 bits per heavy atom. The number of ketones is 1. The minimum Gasteiger partial charge on any atom is -0.497 e. The van der Waals surface area contributed by atoms with Gasteiger partial charge in [0, 0.05) is 35.4 Å². The first-order chi connectivity index (χ1) is 14.4. The largest absolute Gasteiger partial charge is 0.497 e. The first-order valence-corrected chi connectivity index (χ1v) is 9.87. The number of nitrogens with zero attached hydrogens (tertiary/aromatic N) is 3. The van der Waals surface area contributed by atoms with Gasteiger partial charge in [0.25, 0.3) is 5.69 Å². The van der Waals surface area contributed by atoms with Gasteiger partial charge in [-0.1, -0.05) is 18.2 Å². The number of methoxy groups -OCH3 is 1. The minimum absolute atomic E-state index is 0.0481. The van der Waals surface area contributed by atoms with E-state index >= 15 is 0 Å². The number of rotatable bonds is 5. The maximum atomic E-state index is 11.7. The van der Waals surface area contributed by atoms with E-state index in [1.54, 1.807) is 25.3 Å². The summed E-state index contributed by atoms with van der Waals surface area (Å²) < 4.78 is 5.41. The van der Waals surface area contributed by atoms with Crippen LogP contribution >= 0.6 is 0 Å².